The first-order valence-corrected chi connectivity index (χ1v) is 10.3. The molecule has 1 aromatic carbocycles. The Bertz CT molecular complexity index is 1010. The van der Waals surface area contributed by atoms with Gasteiger partial charge >= 0.3 is 0 Å². The first kappa shape index (κ1) is 18.0. The zero-order chi connectivity index (χ0) is 20.1. The SMILES string of the molecule is CC[C@@H](C(=O)Nc1ccc2ncccc2c1)N1C(=O)[C@@H]2[C@H](C1=O)[C@H]1C=C[C@H]2CC1. The van der Waals surface area contributed by atoms with Crippen molar-refractivity contribution in [1.82, 2.24) is 9.88 Å². The number of amides is 3. The third-order valence-corrected chi connectivity index (χ3v) is 6.67. The molecule has 1 aliphatic heterocycles. The topological polar surface area (TPSA) is 79.4 Å². The van der Waals surface area contributed by atoms with E-state index in [1.165, 1.54) is 4.90 Å². The number of fused-ring (bicyclic) bond motifs is 2. The fourth-order valence-corrected chi connectivity index (χ4v) is 5.27. The molecule has 2 bridgehead atoms. The number of pyridine rings is 1. The van der Waals surface area contributed by atoms with Crippen molar-refractivity contribution in [3.63, 3.8) is 0 Å². The molecule has 2 aromatic rings. The number of nitrogens with one attached hydrogen (secondary N) is 1. The van der Waals surface area contributed by atoms with Gasteiger partial charge in [0, 0.05) is 17.3 Å². The first-order chi connectivity index (χ1) is 14.1. The number of carbonyl (C=O) groups is 3. The molecule has 1 aromatic heterocycles. The van der Waals surface area contributed by atoms with Gasteiger partial charge in [-0.3, -0.25) is 24.3 Å². The maximum atomic E-state index is 13.2. The molecule has 4 aliphatic rings. The Kier molecular flexibility index (Phi) is 4.23. The molecule has 6 nitrogen and oxygen atoms in total. The maximum Gasteiger partial charge on any atom is 0.247 e. The van der Waals surface area contributed by atoms with E-state index in [0.717, 1.165) is 23.7 Å². The molecule has 3 aliphatic carbocycles. The monoisotopic (exact) mass is 389 g/mol. The van der Waals surface area contributed by atoms with Crippen LogP contribution in [-0.2, 0) is 14.4 Å². The minimum Gasteiger partial charge on any atom is -0.324 e. The predicted octanol–water partition coefficient (Wildman–Crippen LogP) is 3.15. The van der Waals surface area contributed by atoms with Crippen LogP contribution in [0.5, 0.6) is 0 Å². The van der Waals surface area contributed by atoms with Crippen LogP contribution in [0.25, 0.3) is 10.9 Å². The highest BCUT2D eigenvalue weighted by atomic mass is 16.2. The summed E-state index contributed by atoms with van der Waals surface area (Å²) in [5.41, 5.74) is 1.47. The number of aromatic nitrogens is 1. The maximum absolute atomic E-state index is 13.2. The summed E-state index contributed by atoms with van der Waals surface area (Å²) in [4.78, 5) is 44.9. The smallest absolute Gasteiger partial charge is 0.247 e. The number of hydrogen-bond donors (Lipinski definition) is 1. The highest BCUT2D eigenvalue weighted by molar-refractivity contribution is 6.10. The van der Waals surface area contributed by atoms with Gasteiger partial charge in [-0.25, -0.2) is 0 Å². The normalized spacial score (nSPS) is 28.7. The molecule has 0 radical (unpaired) electrons. The van der Waals surface area contributed by atoms with Crippen LogP contribution in [0.3, 0.4) is 0 Å². The number of hydrogen-bond acceptors (Lipinski definition) is 4. The molecule has 1 N–H and O–H groups in total. The molecule has 1 saturated heterocycles. The molecule has 1 saturated carbocycles. The molecule has 6 rings (SSSR count). The lowest BCUT2D eigenvalue weighted by atomic mass is 9.63. The first-order valence-electron chi connectivity index (χ1n) is 10.3. The van der Waals surface area contributed by atoms with E-state index in [2.05, 4.69) is 22.5 Å². The number of nitrogens with zero attached hydrogens (tertiary/aromatic N) is 2. The van der Waals surface area contributed by atoms with E-state index in [1.807, 2.05) is 31.2 Å². The highest BCUT2D eigenvalue weighted by Crippen LogP contribution is 2.50. The Morgan fingerprint density at radius 3 is 2.45 bits per heavy atom. The van der Waals surface area contributed by atoms with Crippen LogP contribution in [-0.4, -0.2) is 33.6 Å². The summed E-state index contributed by atoms with van der Waals surface area (Å²) in [5, 5.41) is 3.81. The van der Waals surface area contributed by atoms with E-state index in [0.29, 0.717) is 12.1 Å². The van der Waals surface area contributed by atoms with Gasteiger partial charge in [0.1, 0.15) is 6.04 Å². The molecule has 3 amide bonds. The lowest BCUT2D eigenvalue weighted by Gasteiger charge is -2.38. The van der Waals surface area contributed by atoms with E-state index in [1.54, 1.807) is 12.3 Å². The van der Waals surface area contributed by atoms with Crippen molar-refractivity contribution in [3.8, 4) is 0 Å². The van der Waals surface area contributed by atoms with Gasteiger partial charge in [-0.15, -0.1) is 0 Å². The second-order valence-corrected chi connectivity index (χ2v) is 8.21. The zero-order valence-electron chi connectivity index (χ0n) is 16.2. The Morgan fingerprint density at radius 2 is 1.83 bits per heavy atom. The van der Waals surface area contributed by atoms with Crippen LogP contribution in [0.4, 0.5) is 5.69 Å². The van der Waals surface area contributed by atoms with E-state index < -0.39 is 6.04 Å². The summed E-state index contributed by atoms with van der Waals surface area (Å²) in [6.07, 6.45) is 8.19. The van der Waals surface area contributed by atoms with Gasteiger partial charge in [0.15, 0.2) is 0 Å². The minimum atomic E-state index is -0.787. The van der Waals surface area contributed by atoms with E-state index in [4.69, 9.17) is 0 Å². The van der Waals surface area contributed by atoms with Crippen molar-refractivity contribution in [1.29, 1.82) is 0 Å². The molecule has 5 atom stereocenters. The Hall–Kier alpha value is -3.02. The van der Waals surface area contributed by atoms with E-state index in [-0.39, 0.29) is 41.4 Å². The van der Waals surface area contributed by atoms with Gasteiger partial charge in [0.25, 0.3) is 0 Å². The van der Waals surface area contributed by atoms with Crippen molar-refractivity contribution >= 4 is 34.3 Å². The van der Waals surface area contributed by atoms with Crippen LogP contribution in [0.1, 0.15) is 26.2 Å². The van der Waals surface area contributed by atoms with Crippen molar-refractivity contribution < 1.29 is 14.4 Å². The van der Waals surface area contributed by atoms with Crippen LogP contribution < -0.4 is 5.32 Å². The third-order valence-electron chi connectivity index (χ3n) is 6.67. The Morgan fingerprint density at radius 1 is 1.14 bits per heavy atom. The number of carbonyl (C=O) groups excluding carboxylic acids is 3. The van der Waals surface area contributed by atoms with Crippen molar-refractivity contribution in [2.24, 2.45) is 23.7 Å². The average Bonchev–Trinajstić information content (AvgIpc) is 3.03. The average molecular weight is 389 g/mol. The lowest BCUT2D eigenvalue weighted by Crippen LogP contribution is -2.47. The molecule has 29 heavy (non-hydrogen) atoms. The van der Waals surface area contributed by atoms with Gasteiger partial charge in [-0.05, 0) is 55.4 Å². The fraction of sp³-hybridized carbons (Fsp3) is 0.391. The third kappa shape index (κ3) is 2.77. The molecule has 2 fully saturated rings. The van der Waals surface area contributed by atoms with Crippen molar-refractivity contribution in [2.75, 3.05) is 5.32 Å². The van der Waals surface area contributed by atoms with Crippen molar-refractivity contribution in [2.45, 2.75) is 32.2 Å². The fourth-order valence-electron chi connectivity index (χ4n) is 5.27. The largest absolute Gasteiger partial charge is 0.324 e. The van der Waals surface area contributed by atoms with Crippen LogP contribution >= 0.6 is 0 Å². The quantitative estimate of drug-likeness (QED) is 0.644. The van der Waals surface area contributed by atoms with Crippen molar-refractivity contribution in [3.05, 3.63) is 48.7 Å². The molecule has 2 heterocycles. The number of rotatable bonds is 4. The van der Waals surface area contributed by atoms with Gasteiger partial charge in [0.05, 0.1) is 17.4 Å². The van der Waals surface area contributed by atoms with Crippen LogP contribution in [0.2, 0.25) is 0 Å². The van der Waals surface area contributed by atoms with Crippen LogP contribution in [0, 0.1) is 23.7 Å². The Labute approximate surface area is 169 Å². The van der Waals surface area contributed by atoms with Crippen LogP contribution in [0.15, 0.2) is 48.7 Å². The van der Waals surface area contributed by atoms with Gasteiger partial charge < -0.3 is 5.32 Å². The number of likely N-dealkylation sites (tertiary alicyclic amines) is 1. The lowest BCUT2D eigenvalue weighted by molar-refractivity contribution is -0.146. The standard InChI is InChI=1S/C23H23N3O3/c1-2-18(21(27)25-16-9-10-17-15(12-16)4-3-11-24-17)26-22(28)19-13-5-6-14(8-7-13)20(19)23(26)29/h3-6,9-14,18-20H,2,7-8H2,1H3,(H,25,27)/t13-,14-,18-,19-,20+/m0/s1. The molecular weight excluding hydrogens is 366 g/mol. The molecule has 6 heteroatoms. The van der Waals surface area contributed by atoms with Gasteiger partial charge in [-0.2, -0.15) is 0 Å². The zero-order valence-corrected chi connectivity index (χ0v) is 16.2. The number of benzene rings is 1. The molecular formula is C23H23N3O3. The second kappa shape index (κ2) is 6.79. The summed E-state index contributed by atoms with van der Waals surface area (Å²) < 4.78 is 0. The second-order valence-electron chi connectivity index (χ2n) is 8.21. The molecule has 0 spiro atoms. The van der Waals surface area contributed by atoms with E-state index >= 15 is 0 Å². The summed E-state index contributed by atoms with van der Waals surface area (Å²) in [5.74, 6) is -1.01. The number of allylic oxidation sites excluding steroid dienone is 2. The minimum absolute atomic E-state index is 0.125. The summed E-state index contributed by atoms with van der Waals surface area (Å²) in [7, 11) is 0. The molecule has 148 valence electrons. The van der Waals surface area contributed by atoms with Gasteiger partial charge in [-0.1, -0.05) is 25.1 Å². The summed E-state index contributed by atoms with van der Waals surface area (Å²) >= 11 is 0. The number of anilines is 1. The number of imide groups is 1. The van der Waals surface area contributed by atoms with Gasteiger partial charge in [0.2, 0.25) is 17.7 Å². The summed E-state index contributed by atoms with van der Waals surface area (Å²) in [6.45, 7) is 1.84. The van der Waals surface area contributed by atoms with E-state index in [9.17, 15) is 14.4 Å². The predicted molar refractivity (Wildman–Crippen MR) is 109 cm³/mol. The Balaban J connectivity index is 1.40. The summed E-state index contributed by atoms with van der Waals surface area (Å²) in [6, 6.07) is 8.47. The molecule has 0 unspecified atom stereocenters. The highest BCUT2D eigenvalue weighted by Gasteiger charge is 2.58.